The molecule has 1 heterocycles. The summed E-state index contributed by atoms with van der Waals surface area (Å²) in [5, 5.41) is 12.6. The zero-order chi connectivity index (χ0) is 13.2. The fourth-order valence-corrected chi connectivity index (χ4v) is 2.41. The molecule has 0 radical (unpaired) electrons. The Hall–Kier alpha value is -1.39. The van der Waals surface area contributed by atoms with E-state index in [0.29, 0.717) is 23.6 Å². The van der Waals surface area contributed by atoms with Crippen molar-refractivity contribution in [2.24, 2.45) is 5.41 Å². The van der Waals surface area contributed by atoms with Crippen LogP contribution < -0.4 is 0 Å². The summed E-state index contributed by atoms with van der Waals surface area (Å²) in [6.45, 7) is 4.58. The van der Waals surface area contributed by atoms with E-state index >= 15 is 0 Å². The maximum absolute atomic E-state index is 10.5. The van der Waals surface area contributed by atoms with Gasteiger partial charge in [-0.1, -0.05) is 19.0 Å². The molecule has 1 fully saturated rings. The molecule has 1 aromatic heterocycles. The van der Waals surface area contributed by atoms with Crippen molar-refractivity contribution >= 4 is 5.97 Å². The topological polar surface area (TPSA) is 76.2 Å². The summed E-state index contributed by atoms with van der Waals surface area (Å²) < 4.78 is 5.10. The van der Waals surface area contributed by atoms with Crippen LogP contribution in [0.15, 0.2) is 4.52 Å². The summed E-state index contributed by atoms with van der Waals surface area (Å²) in [5.41, 5.74) is 0.423. The average Bonchev–Trinajstić information content (AvgIpc) is 2.75. The number of aryl methyl sites for hydroxylation is 1. The minimum atomic E-state index is -0.839. The molecule has 0 saturated heterocycles. The lowest BCUT2D eigenvalue weighted by Gasteiger charge is -2.32. The first-order valence-electron chi connectivity index (χ1n) is 6.50. The molecule has 18 heavy (non-hydrogen) atoms. The SMILES string of the molecule is CC1(C)CCC(c2noc(CCC(=O)O)n2)CC1. The predicted molar refractivity (Wildman–Crippen MR) is 65.2 cm³/mol. The van der Waals surface area contributed by atoms with E-state index in [4.69, 9.17) is 9.63 Å². The summed E-state index contributed by atoms with van der Waals surface area (Å²) in [4.78, 5) is 14.8. The molecule has 0 aromatic carbocycles. The first-order valence-corrected chi connectivity index (χ1v) is 6.50. The van der Waals surface area contributed by atoms with Crippen molar-refractivity contribution in [1.82, 2.24) is 10.1 Å². The Bertz CT molecular complexity index is 416. The Morgan fingerprint density at radius 3 is 2.72 bits per heavy atom. The normalized spacial score (nSPS) is 19.9. The minimum absolute atomic E-state index is 0.0410. The summed E-state index contributed by atoms with van der Waals surface area (Å²) >= 11 is 0. The number of aromatic nitrogens is 2. The molecule has 1 saturated carbocycles. The van der Waals surface area contributed by atoms with E-state index in [-0.39, 0.29) is 6.42 Å². The highest BCUT2D eigenvalue weighted by atomic mass is 16.5. The van der Waals surface area contributed by atoms with E-state index in [9.17, 15) is 4.79 Å². The molecule has 100 valence electrons. The van der Waals surface area contributed by atoms with Crippen molar-refractivity contribution in [3.63, 3.8) is 0 Å². The van der Waals surface area contributed by atoms with E-state index in [1.165, 1.54) is 12.8 Å². The number of carbonyl (C=O) groups is 1. The van der Waals surface area contributed by atoms with Crippen molar-refractivity contribution in [1.29, 1.82) is 0 Å². The van der Waals surface area contributed by atoms with Gasteiger partial charge in [0, 0.05) is 12.3 Å². The zero-order valence-electron chi connectivity index (χ0n) is 11.0. The molecule has 1 aromatic rings. The molecule has 0 spiro atoms. The molecule has 1 aliphatic carbocycles. The van der Waals surface area contributed by atoms with Gasteiger partial charge in [0.05, 0.1) is 6.42 Å². The largest absolute Gasteiger partial charge is 0.481 e. The molecule has 2 rings (SSSR count). The van der Waals surface area contributed by atoms with Crippen LogP contribution in [0.2, 0.25) is 0 Å². The van der Waals surface area contributed by atoms with E-state index in [1.54, 1.807) is 0 Å². The highest BCUT2D eigenvalue weighted by Crippen LogP contribution is 2.41. The molecular weight excluding hydrogens is 232 g/mol. The third kappa shape index (κ3) is 3.31. The first-order chi connectivity index (χ1) is 8.46. The lowest BCUT2D eigenvalue weighted by Crippen LogP contribution is -2.20. The number of hydrogen-bond donors (Lipinski definition) is 1. The fourth-order valence-electron chi connectivity index (χ4n) is 2.41. The van der Waals surface area contributed by atoms with Crippen LogP contribution in [0, 0.1) is 5.41 Å². The van der Waals surface area contributed by atoms with Crippen LogP contribution in [0.4, 0.5) is 0 Å². The van der Waals surface area contributed by atoms with Crippen molar-refractivity contribution in [2.75, 3.05) is 0 Å². The Kier molecular flexibility index (Phi) is 3.68. The molecule has 0 aliphatic heterocycles. The summed E-state index contributed by atoms with van der Waals surface area (Å²) in [7, 11) is 0. The summed E-state index contributed by atoms with van der Waals surface area (Å²) in [6, 6.07) is 0. The number of carboxylic acids is 1. The predicted octanol–water partition coefficient (Wildman–Crippen LogP) is 2.77. The second-order valence-electron chi connectivity index (χ2n) is 5.88. The standard InChI is InChI=1S/C13H20N2O3/c1-13(2)7-5-9(6-8-13)12-14-10(18-15-12)3-4-11(16)17/h9H,3-8H2,1-2H3,(H,16,17). The second kappa shape index (κ2) is 5.08. The Morgan fingerprint density at radius 1 is 1.44 bits per heavy atom. The van der Waals surface area contributed by atoms with Gasteiger partial charge in [0.25, 0.3) is 0 Å². The minimum Gasteiger partial charge on any atom is -0.481 e. The Balaban J connectivity index is 1.92. The van der Waals surface area contributed by atoms with Gasteiger partial charge in [-0.2, -0.15) is 4.98 Å². The van der Waals surface area contributed by atoms with Gasteiger partial charge in [-0.25, -0.2) is 0 Å². The third-order valence-corrected chi connectivity index (χ3v) is 3.74. The lowest BCUT2D eigenvalue weighted by atomic mass is 9.73. The van der Waals surface area contributed by atoms with Crippen LogP contribution in [0.25, 0.3) is 0 Å². The van der Waals surface area contributed by atoms with Crippen LogP contribution in [-0.4, -0.2) is 21.2 Å². The summed E-state index contributed by atoms with van der Waals surface area (Å²) in [5.74, 6) is 0.734. The molecular formula is C13H20N2O3. The third-order valence-electron chi connectivity index (χ3n) is 3.74. The number of rotatable bonds is 4. The molecule has 0 unspecified atom stereocenters. The smallest absolute Gasteiger partial charge is 0.303 e. The highest BCUT2D eigenvalue weighted by Gasteiger charge is 2.30. The molecule has 0 bridgehead atoms. The Morgan fingerprint density at radius 2 is 2.11 bits per heavy atom. The van der Waals surface area contributed by atoms with Gasteiger partial charge in [0.1, 0.15) is 0 Å². The lowest BCUT2D eigenvalue weighted by molar-refractivity contribution is -0.137. The Labute approximate surface area is 107 Å². The molecule has 1 N–H and O–H groups in total. The van der Waals surface area contributed by atoms with Crippen molar-refractivity contribution in [2.45, 2.75) is 58.3 Å². The summed E-state index contributed by atoms with van der Waals surface area (Å²) in [6.07, 6.45) is 4.89. The first kappa shape index (κ1) is 13.1. The maximum Gasteiger partial charge on any atom is 0.303 e. The second-order valence-corrected chi connectivity index (χ2v) is 5.88. The van der Waals surface area contributed by atoms with Gasteiger partial charge >= 0.3 is 5.97 Å². The monoisotopic (exact) mass is 252 g/mol. The molecule has 5 heteroatoms. The van der Waals surface area contributed by atoms with Crippen LogP contribution in [0.5, 0.6) is 0 Å². The van der Waals surface area contributed by atoms with Crippen molar-refractivity contribution in [3.05, 3.63) is 11.7 Å². The van der Waals surface area contributed by atoms with Gasteiger partial charge in [0.15, 0.2) is 5.82 Å². The number of hydrogen-bond acceptors (Lipinski definition) is 4. The average molecular weight is 252 g/mol. The molecule has 0 atom stereocenters. The van der Waals surface area contributed by atoms with E-state index < -0.39 is 5.97 Å². The van der Waals surface area contributed by atoms with Gasteiger partial charge in [0.2, 0.25) is 5.89 Å². The van der Waals surface area contributed by atoms with Crippen LogP contribution >= 0.6 is 0 Å². The number of aliphatic carboxylic acids is 1. The van der Waals surface area contributed by atoms with Crippen molar-refractivity contribution in [3.8, 4) is 0 Å². The maximum atomic E-state index is 10.5. The van der Waals surface area contributed by atoms with Gasteiger partial charge in [-0.05, 0) is 31.1 Å². The molecule has 5 nitrogen and oxygen atoms in total. The van der Waals surface area contributed by atoms with E-state index in [1.807, 2.05) is 0 Å². The van der Waals surface area contributed by atoms with E-state index in [0.717, 1.165) is 18.7 Å². The van der Waals surface area contributed by atoms with E-state index in [2.05, 4.69) is 24.0 Å². The van der Waals surface area contributed by atoms with Crippen molar-refractivity contribution < 1.29 is 14.4 Å². The highest BCUT2D eigenvalue weighted by molar-refractivity contribution is 5.66. The molecule has 0 amide bonds. The fraction of sp³-hybridized carbons (Fsp3) is 0.769. The quantitative estimate of drug-likeness (QED) is 0.891. The number of carboxylic acid groups (broad SMARTS) is 1. The number of nitrogens with zero attached hydrogens (tertiary/aromatic N) is 2. The van der Waals surface area contributed by atoms with Gasteiger partial charge < -0.3 is 9.63 Å². The van der Waals surface area contributed by atoms with Gasteiger partial charge in [-0.15, -0.1) is 0 Å². The van der Waals surface area contributed by atoms with Crippen LogP contribution in [0.3, 0.4) is 0 Å². The zero-order valence-corrected chi connectivity index (χ0v) is 11.0. The van der Waals surface area contributed by atoms with Crippen LogP contribution in [0.1, 0.15) is 63.6 Å². The van der Waals surface area contributed by atoms with Gasteiger partial charge in [-0.3, -0.25) is 4.79 Å². The van der Waals surface area contributed by atoms with Crippen LogP contribution in [-0.2, 0) is 11.2 Å². The molecule has 1 aliphatic rings.